The summed E-state index contributed by atoms with van der Waals surface area (Å²) < 4.78 is 13.8. The number of aryl methyl sites for hydroxylation is 1. The van der Waals surface area contributed by atoms with E-state index in [4.69, 9.17) is 0 Å². The van der Waals surface area contributed by atoms with Gasteiger partial charge in [0.2, 0.25) is 0 Å². The van der Waals surface area contributed by atoms with Gasteiger partial charge in [-0.05, 0) is 73.9 Å². The molecule has 5 nitrogen and oxygen atoms in total. The van der Waals surface area contributed by atoms with Crippen LogP contribution >= 0.6 is 0 Å². The molecule has 0 unspecified atom stereocenters. The van der Waals surface area contributed by atoms with Crippen LogP contribution in [0.15, 0.2) is 30.5 Å². The first kappa shape index (κ1) is 18.7. The van der Waals surface area contributed by atoms with Gasteiger partial charge in [-0.25, -0.2) is 9.37 Å². The predicted molar refractivity (Wildman–Crippen MR) is 106 cm³/mol. The maximum absolute atomic E-state index is 13.8. The van der Waals surface area contributed by atoms with Crippen LogP contribution in [0.5, 0.6) is 5.75 Å². The van der Waals surface area contributed by atoms with E-state index in [-0.39, 0.29) is 11.7 Å². The van der Waals surface area contributed by atoms with Gasteiger partial charge < -0.3 is 14.9 Å². The van der Waals surface area contributed by atoms with Gasteiger partial charge in [0.15, 0.2) is 11.6 Å². The number of hydrogen-bond donors (Lipinski definition) is 1. The normalized spacial score (nSPS) is 17.9. The molecule has 0 radical (unpaired) electrons. The SMILES string of the molecule is Cc1cc(C(=O)N2CCC(c3ccnc(N4CCCC4)c3)CC2)cc(F)c1O. The lowest BCUT2D eigenvalue weighted by Gasteiger charge is -2.32. The van der Waals surface area contributed by atoms with Crippen molar-refractivity contribution in [3.8, 4) is 5.75 Å². The largest absolute Gasteiger partial charge is 0.505 e. The number of rotatable bonds is 3. The molecular formula is C22H26FN3O2. The first-order valence-electron chi connectivity index (χ1n) is 10.0. The fourth-order valence-corrected chi connectivity index (χ4v) is 4.27. The number of amides is 1. The predicted octanol–water partition coefficient (Wildman–Crippen LogP) is 3.85. The summed E-state index contributed by atoms with van der Waals surface area (Å²) in [6.07, 6.45) is 6.11. The number of carbonyl (C=O) groups is 1. The topological polar surface area (TPSA) is 56.7 Å². The van der Waals surface area contributed by atoms with Crippen LogP contribution in [0.1, 0.15) is 53.1 Å². The van der Waals surface area contributed by atoms with Crippen LogP contribution in [0, 0.1) is 12.7 Å². The minimum absolute atomic E-state index is 0.173. The van der Waals surface area contributed by atoms with Gasteiger partial charge >= 0.3 is 0 Å². The number of nitrogens with zero attached hydrogens (tertiary/aromatic N) is 3. The van der Waals surface area contributed by atoms with E-state index in [9.17, 15) is 14.3 Å². The summed E-state index contributed by atoms with van der Waals surface area (Å²) in [5.41, 5.74) is 1.96. The number of carbonyl (C=O) groups excluding carboxylic acids is 1. The zero-order valence-corrected chi connectivity index (χ0v) is 16.2. The van der Waals surface area contributed by atoms with E-state index in [2.05, 4.69) is 22.0 Å². The van der Waals surface area contributed by atoms with Gasteiger partial charge in [0.05, 0.1) is 0 Å². The highest BCUT2D eigenvalue weighted by atomic mass is 19.1. The fraction of sp³-hybridized carbons (Fsp3) is 0.455. The van der Waals surface area contributed by atoms with Gasteiger partial charge in [0.1, 0.15) is 5.82 Å². The number of halogens is 1. The summed E-state index contributed by atoms with van der Waals surface area (Å²) in [5, 5.41) is 9.58. The molecule has 2 aliphatic rings. The summed E-state index contributed by atoms with van der Waals surface area (Å²) in [6.45, 7) is 5.04. The Morgan fingerprint density at radius 1 is 1.14 bits per heavy atom. The second kappa shape index (κ2) is 7.78. The molecule has 2 aliphatic heterocycles. The summed E-state index contributed by atoms with van der Waals surface area (Å²) in [4.78, 5) is 21.4. The number of aromatic hydroxyl groups is 1. The summed E-state index contributed by atoms with van der Waals surface area (Å²) in [7, 11) is 0. The molecule has 2 fully saturated rings. The number of pyridine rings is 1. The Morgan fingerprint density at radius 2 is 1.86 bits per heavy atom. The molecule has 1 aromatic carbocycles. The Balaban J connectivity index is 1.42. The number of phenolic OH excluding ortho intramolecular Hbond substituents is 1. The van der Waals surface area contributed by atoms with Crippen molar-refractivity contribution in [2.75, 3.05) is 31.1 Å². The number of hydrogen-bond acceptors (Lipinski definition) is 4. The Bertz CT molecular complexity index is 849. The Morgan fingerprint density at radius 3 is 2.54 bits per heavy atom. The molecular weight excluding hydrogens is 357 g/mol. The quantitative estimate of drug-likeness (QED) is 0.875. The average molecular weight is 383 g/mol. The minimum Gasteiger partial charge on any atom is -0.505 e. The number of piperidine rings is 1. The van der Waals surface area contributed by atoms with Crippen LogP contribution in [-0.4, -0.2) is 47.1 Å². The molecule has 0 atom stereocenters. The maximum Gasteiger partial charge on any atom is 0.253 e. The second-order valence-corrected chi connectivity index (χ2v) is 7.83. The molecule has 0 aliphatic carbocycles. The lowest BCUT2D eigenvalue weighted by molar-refractivity contribution is 0.0712. The summed E-state index contributed by atoms with van der Waals surface area (Å²) >= 11 is 0. The summed E-state index contributed by atoms with van der Waals surface area (Å²) in [5.74, 6) is 0.161. The molecule has 0 saturated carbocycles. The van der Waals surface area contributed by atoms with Crippen LogP contribution in [-0.2, 0) is 0 Å². The van der Waals surface area contributed by atoms with Crippen molar-refractivity contribution < 1.29 is 14.3 Å². The first-order chi connectivity index (χ1) is 13.5. The Labute approximate surface area is 164 Å². The lowest BCUT2D eigenvalue weighted by atomic mass is 9.89. The van der Waals surface area contributed by atoms with Crippen molar-refractivity contribution >= 4 is 11.7 Å². The van der Waals surface area contributed by atoms with Crippen molar-refractivity contribution in [2.24, 2.45) is 0 Å². The smallest absolute Gasteiger partial charge is 0.253 e. The molecule has 28 heavy (non-hydrogen) atoms. The van der Waals surface area contributed by atoms with Gasteiger partial charge in [-0.1, -0.05) is 0 Å². The molecule has 2 aromatic rings. The third kappa shape index (κ3) is 3.68. The zero-order chi connectivity index (χ0) is 19.7. The molecule has 0 spiro atoms. The molecule has 1 N–H and O–H groups in total. The third-order valence-electron chi connectivity index (χ3n) is 5.95. The van der Waals surface area contributed by atoms with Crippen LogP contribution in [0.2, 0.25) is 0 Å². The fourth-order valence-electron chi connectivity index (χ4n) is 4.27. The molecule has 1 aromatic heterocycles. The second-order valence-electron chi connectivity index (χ2n) is 7.83. The van der Waals surface area contributed by atoms with E-state index in [1.807, 2.05) is 6.20 Å². The van der Waals surface area contributed by atoms with Gasteiger partial charge in [-0.15, -0.1) is 0 Å². The molecule has 2 saturated heterocycles. The van der Waals surface area contributed by atoms with Crippen LogP contribution < -0.4 is 4.90 Å². The highest BCUT2D eigenvalue weighted by molar-refractivity contribution is 5.94. The summed E-state index contributed by atoms with van der Waals surface area (Å²) in [6, 6.07) is 6.96. The number of phenols is 1. The Hall–Kier alpha value is -2.63. The standard InChI is InChI=1S/C22H26FN3O2/c1-15-12-18(13-19(23)21(15)27)22(28)26-10-5-16(6-11-26)17-4-7-24-20(14-17)25-8-2-3-9-25/h4,7,12-14,16,27H,2-3,5-6,8-11H2,1H3. The van der Waals surface area contributed by atoms with E-state index < -0.39 is 5.82 Å². The van der Waals surface area contributed by atoms with Gasteiger partial charge in [0.25, 0.3) is 5.91 Å². The van der Waals surface area contributed by atoms with E-state index in [1.54, 1.807) is 17.9 Å². The molecule has 3 heterocycles. The van der Waals surface area contributed by atoms with E-state index >= 15 is 0 Å². The lowest BCUT2D eigenvalue weighted by Crippen LogP contribution is -2.38. The van der Waals surface area contributed by atoms with Crippen LogP contribution in [0.4, 0.5) is 10.2 Å². The molecule has 4 rings (SSSR count). The van der Waals surface area contributed by atoms with Crippen LogP contribution in [0.3, 0.4) is 0 Å². The van der Waals surface area contributed by atoms with Crippen molar-refractivity contribution in [3.63, 3.8) is 0 Å². The minimum atomic E-state index is -0.746. The monoisotopic (exact) mass is 383 g/mol. The zero-order valence-electron chi connectivity index (χ0n) is 16.2. The maximum atomic E-state index is 13.8. The van der Waals surface area contributed by atoms with E-state index in [0.29, 0.717) is 30.1 Å². The number of benzene rings is 1. The van der Waals surface area contributed by atoms with Crippen molar-refractivity contribution in [1.82, 2.24) is 9.88 Å². The number of anilines is 1. The Kier molecular flexibility index (Phi) is 5.20. The van der Waals surface area contributed by atoms with E-state index in [1.165, 1.54) is 18.4 Å². The molecule has 148 valence electrons. The number of aromatic nitrogens is 1. The van der Waals surface area contributed by atoms with Crippen molar-refractivity contribution in [3.05, 3.63) is 53.0 Å². The number of likely N-dealkylation sites (tertiary alicyclic amines) is 1. The van der Waals surface area contributed by atoms with Crippen LogP contribution in [0.25, 0.3) is 0 Å². The third-order valence-corrected chi connectivity index (χ3v) is 5.95. The van der Waals surface area contributed by atoms with Gasteiger partial charge in [0, 0.05) is 37.9 Å². The van der Waals surface area contributed by atoms with Gasteiger partial charge in [-0.3, -0.25) is 4.79 Å². The molecule has 0 bridgehead atoms. The van der Waals surface area contributed by atoms with Gasteiger partial charge in [-0.2, -0.15) is 0 Å². The highest BCUT2D eigenvalue weighted by Gasteiger charge is 2.26. The average Bonchev–Trinajstić information content (AvgIpc) is 3.26. The van der Waals surface area contributed by atoms with Crippen molar-refractivity contribution in [1.29, 1.82) is 0 Å². The first-order valence-corrected chi connectivity index (χ1v) is 10.0. The highest BCUT2D eigenvalue weighted by Crippen LogP contribution is 2.31. The molecule has 1 amide bonds. The van der Waals surface area contributed by atoms with Crippen molar-refractivity contribution in [2.45, 2.75) is 38.5 Å². The molecule has 6 heteroatoms. The van der Waals surface area contributed by atoms with E-state index in [0.717, 1.165) is 37.8 Å².